The zero-order valence-electron chi connectivity index (χ0n) is 13.3. The summed E-state index contributed by atoms with van der Waals surface area (Å²) < 4.78 is 0. The number of rotatable bonds is 6. The number of allylic oxidation sites excluding steroid dienone is 1. The van der Waals surface area contributed by atoms with Gasteiger partial charge in [0.15, 0.2) is 0 Å². The Morgan fingerprint density at radius 2 is 2.00 bits per heavy atom. The second-order valence-electron chi connectivity index (χ2n) is 5.20. The number of benzene rings is 1. The molecule has 0 aliphatic rings. The van der Waals surface area contributed by atoms with E-state index in [1.54, 1.807) is 25.1 Å². The van der Waals surface area contributed by atoms with Crippen molar-refractivity contribution in [3.05, 3.63) is 47.0 Å². The summed E-state index contributed by atoms with van der Waals surface area (Å²) in [4.78, 5) is 25.2. The minimum absolute atomic E-state index is 0.0115. The van der Waals surface area contributed by atoms with Crippen LogP contribution >= 0.6 is 0 Å². The van der Waals surface area contributed by atoms with E-state index in [1.807, 2.05) is 38.1 Å². The molecular weight excluding hydrogens is 264 g/mol. The van der Waals surface area contributed by atoms with Crippen molar-refractivity contribution in [3.63, 3.8) is 0 Å². The summed E-state index contributed by atoms with van der Waals surface area (Å²) in [6, 6.07) is 7.52. The maximum Gasteiger partial charge on any atom is 0.253 e. The van der Waals surface area contributed by atoms with Crippen molar-refractivity contribution in [2.75, 3.05) is 20.6 Å². The molecule has 0 aliphatic carbocycles. The number of nitrogens with one attached hydrogen (secondary N) is 1. The van der Waals surface area contributed by atoms with E-state index in [2.05, 4.69) is 5.32 Å². The minimum atomic E-state index is -0.0302. The van der Waals surface area contributed by atoms with Gasteiger partial charge in [0.05, 0.1) is 0 Å². The van der Waals surface area contributed by atoms with Gasteiger partial charge in [-0.05, 0) is 37.5 Å². The zero-order chi connectivity index (χ0) is 15.8. The van der Waals surface area contributed by atoms with Crippen LogP contribution in [0.25, 0.3) is 0 Å². The summed E-state index contributed by atoms with van der Waals surface area (Å²) in [5.41, 5.74) is 2.46. The standard InChI is InChI=1S/C17H24N2O2/c1-5-7-13(2)16(20)18-11-10-14-8-6-9-15(12-14)17(21)19(3)4/h6-9,12H,5,10-11H2,1-4H3,(H,18,20)/b13-7+. The van der Waals surface area contributed by atoms with Crippen molar-refractivity contribution in [2.45, 2.75) is 26.7 Å². The Labute approximate surface area is 126 Å². The first-order valence-electron chi connectivity index (χ1n) is 7.21. The average Bonchev–Trinajstić information content (AvgIpc) is 2.46. The fourth-order valence-electron chi connectivity index (χ4n) is 1.98. The Balaban J connectivity index is 2.57. The van der Waals surface area contributed by atoms with Crippen LogP contribution in [-0.4, -0.2) is 37.4 Å². The molecule has 0 fully saturated rings. The van der Waals surface area contributed by atoms with E-state index in [0.717, 1.165) is 17.6 Å². The molecule has 0 bridgehead atoms. The van der Waals surface area contributed by atoms with E-state index >= 15 is 0 Å². The fourth-order valence-corrected chi connectivity index (χ4v) is 1.98. The van der Waals surface area contributed by atoms with Crippen LogP contribution in [0.15, 0.2) is 35.9 Å². The molecule has 0 spiro atoms. The van der Waals surface area contributed by atoms with Crippen molar-refractivity contribution in [1.29, 1.82) is 0 Å². The lowest BCUT2D eigenvalue weighted by Crippen LogP contribution is -2.26. The van der Waals surface area contributed by atoms with Crippen LogP contribution < -0.4 is 5.32 Å². The molecule has 114 valence electrons. The van der Waals surface area contributed by atoms with Crippen LogP contribution in [0.2, 0.25) is 0 Å². The van der Waals surface area contributed by atoms with Crippen LogP contribution in [0.4, 0.5) is 0 Å². The maximum absolute atomic E-state index is 11.9. The first kappa shape index (κ1) is 17.0. The summed E-state index contributed by atoms with van der Waals surface area (Å²) in [5.74, 6) is -0.0417. The smallest absolute Gasteiger partial charge is 0.253 e. The number of carbonyl (C=O) groups excluding carboxylic acids is 2. The zero-order valence-corrected chi connectivity index (χ0v) is 13.3. The van der Waals surface area contributed by atoms with E-state index in [0.29, 0.717) is 18.5 Å². The Kier molecular flexibility index (Phi) is 6.66. The van der Waals surface area contributed by atoms with Crippen molar-refractivity contribution >= 4 is 11.8 Å². The molecule has 0 aromatic heterocycles. The van der Waals surface area contributed by atoms with Gasteiger partial charge in [0.25, 0.3) is 5.91 Å². The van der Waals surface area contributed by atoms with Crippen molar-refractivity contribution in [3.8, 4) is 0 Å². The van der Waals surface area contributed by atoms with E-state index in [9.17, 15) is 9.59 Å². The van der Waals surface area contributed by atoms with Crippen molar-refractivity contribution in [1.82, 2.24) is 10.2 Å². The average molecular weight is 288 g/mol. The van der Waals surface area contributed by atoms with Crippen LogP contribution in [0.3, 0.4) is 0 Å². The molecule has 1 aromatic carbocycles. The Hall–Kier alpha value is -2.10. The number of carbonyl (C=O) groups is 2. The highest BCUT2D eigenvalue weighted by atomic mass is 16.2. The summed E-state index contributed by atoms with van der Waals surface area (Å²) >= 11 is 0. The molecule has 1 aromatic rings. The van der Waals surface area contributed by atoms with E-state index in [4.69, 9.17) is 0 Å². The lowest BCUT2D eigenvalue weighted by atomic mass is 10.1. The Bertz CT molecular complexity index is 533. The van der Waals surface area contributed by atoms with Gasteiger partial charge in [0.2, 0.25) is 5.91 Å². The first-order chi connectivity index (χ1) is 9.95. The normalized spacial score (nSPS) is 11.1. The maximum atomic E-state index is 11.9. The van der Waals surface area contributed by atoms with Crippen molar-refractivity contribution < 1.29 is 9.59 Å². The van der Waals surface area contributed by atoms with Gasteiger partial charge < -0.3 is 10.2 Å². The Morgan fingerprint density at radius 3 is 2.62 bits per heavy atom. The molecule has 4 heteroatoms. The molecule has 21 heavy (non-hydrogen) atoms. The quantitative estimate of drug-likeness (QED) is 0.817. The molecule has 0 aliphatic heterocycles. The van der Waals surface area contributed by atoms with Gasteiger partial charge in [-0.1, -0.05) is 25.1 Å². The highest BCUT2D eigenvalue weighted by Gasteiger charge is 2.08. The Morgan fingerprint density at radius 1 is 1.29 bits per heavy atom. The summed E-state index contributed by atoms with van der Waals surface area (Å²) in [6.07, 6.45) is 3.47. The second kappa shape index (κ2) is 8.25. The molecule has 0 radical (unpaired) electrons. The van der Waals surface area contributed by atoms with Crippen LogP contribution in [0.5, 0.6) is 0 Å². The van der Waals surface area contributed by atoms with Gasteiger partial charge in [0, 0.05) is 31.8 Å². The summed E-state index contributed by atoms with van der Waals surface area (Å²) in [6.45, 7) is 4.38. The highest BCUT2D eigenvalue weighted by molar-refractivity contribution is 5.94. The molecule has 1 N–H and O–H groups in total. The molecule has 2 amide bonds. The van der Waals surface area contributed by atoms with Crippen molar-refractivity contribution in [2.24, 2.45) is 0 Å². The number of amides is 2. The molecule has 0 heterocycles. The van der Waals surface area contributed by atoms with Gasteiger partial charge in [0.1, 0.15) is 0 Å². The molecule has 4 nitrogen and oxygen atoms in total. The highest BCUT2D eigenvalue weighted by Crippen LogP contribution is 2.08. The first-order valence-corrected chi connectivity index (χ1v) is 7.21. The predicted molar refractivity (Wildman–Crippen MR) is 85.2 cm³/mol. The van der Waals surface area contributed by atoms with Crippen LogP contribution in [0, 0.1) is 0 Å². The number of hydrogen-bond acceptors (Lipinski definition) is 2. The third kappa shape index (κ3) is 5.42. The lowest BCUT2D eigenvalue weighted by molar-refractivity contribution is -0.117. The molecule has 0 saturated heterocycles. The summed E-state index contributed by atoms with van der Waals surface area (Å²) in [5, 5.41) is 2.88. The third-order valence-electron chi connectivity index (χ3n) is 3.15. The monoisotopic (exact) mass is 288 g/mol. The lowest BCUT2D eigenvalue weighted by Gasteiger charge is -2.11. The third-order valence-corrected chi connectivity index (χ3v) is 3.15. The minimum Gasteiger partial charge on any atom is -0.352 e. The number of nitrogens with zero attached hydrogens (tertiary/aromatic N) is 1. The van der Waals surface area contributed by atoms with Gasteiger partial charge in [-0.25, -0.2) is 0 Å². The topological polar surface area (TPSA) is 49.4 Å². The van der Waals surface area contributed by atoms with Gasteiger partial charge in [-0.15, -0.1) is 0 Å². The second-order valence-corrected chi connectivity index (χ2v) is 5.20. The molecular formula is C17H24N2O2. The van der Waals surface area contributed by atoms with E-state index in [1.165, 1.54) is 0 Å². The van der Waals surface area contributed by atoms with Gasteiger partial charge in [-0.3, -0.25) is 9.59 Å². The van der Waals surface area contributed by atoms with Gasteiger partial charge in [-0.2, -0.15) is 0 Å². The number of hydrogen-bond donors (Lipinski definition) is 1. The van der Waals surface area contributed by atoms with E-state index < -0.39 is 0 Å². The fraction of sp³-hybridized carbons (Fsp3) is 0.412. The van der Waals surface area contributed by atoms with Crippen LogP contribution in [0.1, 0.15) is 36.2 Å². The molecule has 0 atom stereocenters. The predicted octanol–water partition coefficient (Wildman–Crippen LogP) is 2.40. The molecule has 0 saturated carbocycles. The SMILES string of the molecule is CC/C=C(\C)C(=O)NCCc1cccc(C(=O)N(C)C)c1. The largest absolute Gasteiger partial charge is 0.352 e. The summed E-state index contributed by atoms with van der Waals surface area (Å²) in [7, 11) is 3.47. The molecule has 0 unspecified atom stereocenters. The van der Waals surface area contributed by atoms with E-state index in [-0.39, 0.29) is 11.8 Å². The van der Waals surface area contributed by atoms with Crippen LogP contribution in [-0.2, 0) is 11.2 Å². The van der Waals surface area contributed by atoms with Gasteiger partial charge >= 0.3 is 0 Å². The molecule has 1 rings (SSSR count).